The van der Waals surface area contributed by atoms with Gasteiger partial charge in [-0.2, -0.15) is 0 Å². The second kappa shape index (κ2) is 14.4. The van der Waals surface area contributed by atoms with Crippen LogP contribution in [0, 0.1) is 35.0 Å². The van der Waals surface area contributed by atoms with E-state index in [1.807, 2.05) is 34.6 Å². The van der Waals surface area contributed by atoms with Gasteiger partial charge >= 0.3 is 23.9 Å². The van der Waals surface area contributed by atoms with Crippen molar-refractivity contribution in [3.8, 4) is 11.5 Å². The van der Waals surface area contributed by atoms with E-state index in [0.717, 1.165) is 0 Å². The van der Waals surface area contributed by atoms with Crippen molar-refractivity contribution in [2.45, 2.75) is 87.6 Å². The Kier molecular flexibility index (Phi) is 12.6. The molecule has 39 heavy (non-hydrogen) atoms. The lowest BCUT2D eigenvalue weighted by Crippen LogP contribution is -2.41. The van der Waals surface area contributed by atoms with Gasteiger partial charge in [-0.15, -0.1) is 0 Å². The zero-order valence-electron chi connectivity index (χ0n) is 25.1. The number of nitrogens with two attached hydrogens (primary N) is 1. The van der Waals surface area contributed by atoms with Crippen molar-refractivity contribution < 1.29 is 38.5 Å². The minimum atomic E-state index is -1.34. The first kappa shape index (κ1) is 34.1. The summed E-state index contributed by atoms with van der Waals surface area (Å²) in [4.78, 5) is 50.0. The summed E-state index contributed by atoms with van der Waals surface area (Å²) in [6.07, 6.45) is 0.581. The third-order valence-electron chi connectivity index (χ3n) is 7.72. The summed E-state index contributed by atoms with van der Waals surface area (Å²) in [5.74, 6) is -4.70. The van der Waals surface area contributed by atoms with Gasteiger partial charge in [-0.3, -0.25) is 19.2 Å². The third-order valence-corrected chi connectivity index (χ3v) is 7.72. The molecule has 0 fully saturated rings. The zero-order valence-corrected chi connectivity index (χ0v) is 25.1. The number of carboxylic acids is 1. The molecule has 9 heteroatoms. The Balaban J connectivity index is 3.49. The van der Waals surface area contributed by atoms with Crippen LogP contribution in [-0.4, -0.2) is 41.6 Å². The summed E-state index contributed by atoms with van der Waals surface area (Å²) in [5.41, 5.74) is 5.87. The first-order chi connectivity index (χ1) is 17.9. The summed E-state index contributed by atoms with van der Waals surface area (Å²) in [6.45, 7) is 18.2. The number of carboxylic acid groups (broad SMARTS) is 1. The Morgan fingerprint density at radius 2 is 1.36 bits per heavy atom. The number of rotatable bonds is 14. The van der Waals surface area contributed by atoms with Crippen LogP contribution in [0.25, 0.3) is 0 Å². The van der Waals surface area contributed by atoms with Crippen LogP contribution < -0.4 is 15.2 Å². The van der Waals surface area contributed by atoms with Crippen molar-refractivity contribution in [2.24, 2.45) is 40.7 Å². The zero-order chi connectivity index (χ0) is 30.2. The molecule has 0 radical (unpaired) electrons. The molecule has 5 atom stereocenters. The van der Waals surface area contributed by atoms with Crippen molar-refractivity contribution >= 4 is 23.9 Å². The molecule has 1 rings (SSSR count). The number of benzene rings is 1. The van der Waals surface area contributed by atoms with E-state index in [1.165, 1.54) is 12.1 Å². The van der Waals surface area contributed by atoms with Crippen molar-refractivity contribution in [1.82, 2.24) is 0 Å². The monoisotopic (exact) mass is 549 g/mol. The van der Waals surface area contributed by atoms with Crippen LogP contribution >= 0.6 is 0 Å². The van der Waals surface area contributed by atoms with E-state index in [0.29, 0.717) is 12.0 Å². The van der Waals surface area contributed by atoms with Gasteiger partial charge in [-0.1, -0.05) is 61.5 Å². The highest BCUT2D eigenvalue weighted by atomic mass is 16.6. The van der Waals surface area contributed by atoms with E-state index < -0.39 is 59.0 Å². The molecule has 0 spiro atoms. The van der Waals surface area contributed by atoms with Gasteiger partial charge in [0.2, 0.25) is 0 Å². The molecule has 0 aliphatic heterocycles. The summed E-state index contributed by atoms with van der Waals surface area (Å²) in [5, 5.41) is 9.76. The maximum absolute atomic E-state index is 12.9. The number of carbonyl (C=O) groups is 4. The summed E-state index contributed by atoms with van der Waals surface area (Å²) >= 11 is 0. The van der Waals surface area contributed by atoms with Gasteiger partial charge in [0.1, 0.15) is 6.04 Å². The highest BCUT2D eigenvalue weighted by Crippen LogP contribution is 2.37. The summed E-state index contributed by atoms with van der Waals surface area (Å²) in [7, 11) is 0. The fourth-order valence-electron chi connectivity index (χ4n) is 3.54. The predicted octanol–water partition coefficient (Wildman–Crippen LogP) is 5.19. The molecule has 220 valence electrons. The average molecular weight is 550 g/mol. The number of carbonyl (C=O) groups excluding carboxylic acids is 3. The summed E-state index contributed by atoms with van der Waals surface area (Å²) < 4.78 is 16.8. The van der Waals surface area contributed by atoms with Crippen LogP contribution in [0.3, 0.4) is 0 Å². The molecule has 0 amide bonds. The molecule has 1 aromatic rings. The lowest BCUT2D eigenvalue weighted by molar-refractivity contribution is -0.155. The minimum absolute atomic E-state index is 0.00269. The number of ether oxygens (including phenoxy) is 3. The smallest absolute Gasteiger partial charge is 0.321 e. The van der Waals surface area contributed by atoms with Crippen molar-refractivity contribution in [3.05, 3.63) is 23.8 Å². The Bertz CT molecular complexity index is 1020. The third kappa shape index (κ3) is 9.34. The van der Waals surface area contributed by atoms with Crippen LogP contribution in [0.1, 0.15) is 87.1 Å². The van der Waals surface area contributed by atoms with Gasteiger partial charge in [0.05, 0.1) is 23.9 Å². The fraction of sp³-hybridized carbons (Fsp3) is 0.667. The lowest BCUT2D eigenvalue weighted by Gasteiger charge is -2.29. The molecule has 0 aromatic heterocycles. The molecule has 4 unspecified atom stereocenters. The van der Waals surface area contributed by atoms with Crippen LogP contribution in [0.4, 0.5) is 0 Å². The first-order valence-electron chi connectivity index (χ1n) is 13.7. The van der Waals surface area contributed by atoms with Crippen LogP contribution in [-0.2, 0) is 23.9 Å². The van der Waals surface area contributed by atoms with Gasteiger partial charge < -0.3 is 25.1 Å². The molecule has 9 nitrogen and oxygen atoms in total. The number of hydrogen-bond acceptors (Lipinski definition) is 8. The fourth-order valence-corrected chi connectivity index (χ4v) is 3.54. The van der Waals surface area contributed by atoms with Crippen LogP contribution in [0.15, 0.2) is 18.2 Å². The minimum Gasteiger partial charge on any atom is -0.480 e. The Morgan fingerprint density at radius 3 is 1.79 bits per heavy atom. The highest BCUT2D eigenvalue weighted by molar-refractivity contribution is 5.79. The van der Waals surface area contributed by atoms with Crippen molar-refractivity contribution in [3.63, 3.8) is 0 Å². The molecule has 0 heterocycles. The number of hydrogen-bond donors (Lipinski definition) is 2. The molecule has 3 N–H and O–H groups in total. The summed E-state index contributed by atoms with van der Waals surface area (Å²) in [6, 6.07) is 3.21. The molecule has 0 aliphatic carbocycles. The quantitative estimate of drug-likeness (QED) is 0.237. The van der Waals surface area contributed by atoms with E-state index >= 15 is 0 Å². The topological polar surface area (TPSA) is 142 Å². The standard InChI is InChI=1S/C30H47NO8/c1-11-30(9,10)29(36)37-15-18(6)24(25(31)26(32)33)21-12-13-22(38-27(34)19(7)16(2)3)23(14-21)39-28(35)20(8)17(4)5/h12-14,16-20,24-25H,11,15,31H2,1-10H3,(H,32,33)/t18?,19?,20?,24?,25-/m0/s1. The molecule has 0 saturated heterocycles. The average Bonchev–Trinajstić information content (AvgIpc) is 2.87. The Morgan fingerprint density at radius 1 is 0.872 bits per heavy atom. The van der Waals surface area contributed by atoms with Gasteiger partial charge in [0.25, 0.3) is 0 Å². The SMILES string of the molecule is CCC(C)(C)C(=O)OCC(C)C(c1ccc(OC(=O)C(C)C(C)C)c(OC(=O)C(C)C(C)C)c1)[C@H](N)C(=O)O. The Hall–Kier alpha value is -2.94. The van der Waals surface area contributed by atoms with E-state index in [-0.39, 0.29) is 29.9 Å². The van der Waals surface area contributed by atoms with Gasteiger partial charge in [0, 0.05) is 5.92 Å². The predicted molar refractivity (Wildman–Crippen MR) is 148 cm³/mol. The van der Waals surface area contributed by atoms with Crippen molar-refractivity contribution in [1.29, 1.82) is 0 Å². The largest absolute Gasteiger partial charge is 0.480 e. The van der Waals surface area contributed by atoms with Gasteiger partial charge in [-0.25, -0.2) is 0 Å². The van der Waals surface area contributed by atoms with E-state index in [9.17, 15) is 24.3 Å². The molecular weight excluding hydrogens is 502 g/mol. The normalized spacial score (nSPS) is 15.7. The number of aliphatic carboxylic acids is 1. The van der Waals surface area contributed by atoms with E-state index in [2.05, 4.69) is 0 Å². The molecular formula is C30H47NO8. The van der Waals surface area contributed by atoms with Gasteiger partial charge in [0.15, 0.2) is 11.5 Å². The second-order valence-corrected chi connectivity index (χ2v) is 11.8. The maximum Gasteiger partial charge on any atom is 0.321 e. The van der Waals surface area contributed by atoms with Crippen LogP contribution in [0.2, 0.25) is 0 Å². The van der Waals surface area contributed by atoms with Crippen molar-refractivity contribution in [2.75, 3.05) is 6.61 Å². The molecule has 1 aromatic carbocycles. The highest BCUT2D eigenvalue weighted by Gasteiger charge is 2.35. The Labute approximate surface area is 232 Å². The molecule has 0 saturated carbocycles. The maximum atomic E-state index is 12.9. The lowest BCUT2D eigenvalue weighted by atomic mass is 9.81. The second-order valence-electron chi connectivity index (χ2n) is 11.8. The van der Waals surface area contributed by atoms with Gasteiger partial charge in [-0.05, 0) is 55.7 Å². The molecule has 0 aliphatic rings. The molecule has 0 bridgehead atoms. The van der Waals surface area contributed by atoms with Crippen LogP contribution in [0.5, 0.6) is 11.5 Å². The van der Waals surface area contributed by atoms with E-state index in [4.69, 9.17) is 19.9 Å². The first-order valence-corrected chi connectivity index (χ1v) is 13.7. The van der Waals surface area contributed by atoms with E-state index in [1.54, 1.807) is 40.7 Å². The number of esters is 3.